The molecule has 2 fully saturated rings. The Kier molecular flexibility index (Phi) is 6.41. The van der Waals surface area contributed by atoms with Gasteiger partial charge in [0.05, 0.1) is 11.0 Å². The fourth-order valence-electron chi connectivity index (χ4n) is 6.51. The first-order chi connectivity index (χ1) is 16.7. The molecule has 1 saturated carbocycles. The Morgan fingerprint density at radius 2 is 1.91 bits per heavy atom. The number of carbonyl (C=O) groups excluding carboxylic acids is 1. The predicted molar refractivity (Wildman–Crippen MR) is 129 cm³/mol. The Labute approximate surface area is 205 Å². The Hall–Kier alpha value is -2.41. The minimum atomic E-state index is -4.43. The number of alkyl halides is 3. The van der Waals surface area contributed by atoms with E-state index in [-0.39, 0.29) is 18.4 Å². The zero-order valence-corrected chi connectivity index (χ0v) is 20.5. The summed E-state index contributed by atoms with van der Waals surface area (Å²) in [7, 11) is 0. The van der Waals surface area contributed by atoms with Crippen molar-refractivity contribution in [1.82, 2.24) is 14.8 Å². The Balaban J connectivity index is 1.30. The standard InChI is InChI=1S/C28H34F3N3O/c1-19(2)27(11-8-24(15-27)33-12-9-21(17-33)20-6-4-3-5-7-20)26(35)34-13-10-25-22(18-34)14-23(16-32-25)28(29,30)31/h3-7,14,16,19,21,24H,8-13,15,17-18H2,1-2H3/t21?,24-,27+/m1/s1. The fraction of sp³-hybridized carbons (Fsp3) is 0.571. The number of fused-ring (bicyclic) bond motifs is 1. The summed E-state index contributed by atoms with van der Waals surface area (Å²) < 4.78 is 39.7. The van der Waals surface area contributed by atoms with Crippen LogP contribution >= 0.6 is 0 Å². The molecule has 3 atom stereocenters. The monoisotopic (exact) mass is 485 g/mol. The molecule has 1 saturated heterocycles. The SMILES string of the molecule is CC(C)[C@]1(C(=O)N2CCc3ncc(C(F)(F)F)cc3C2)CC[C@@H](N2CCC(c3ccccc3)C2)C1. The van der Waals surface area contributed by atoms with Crippen molar-refractivity contribution in [3.8, 4) is 0 Å². The minimum Gasteiger partial charge on any atom is -0.337 e. The van der Waals surface area contributed by atoms with Crippen LogP contribution in [0.1, 0.15) is 67.8 Å². The van der Waals surface area contributed by atoms with Crippen molar-refractivity contribution >= 4 is 5.91 Å². The van der Waals surface area contributed by atoms with E-state index in [0.29, 0.717) is 36.2 Å². The maximum absolute atomic E-state index is 14.0. The second-order valence-corrected chi connectivity index (χ2v) is 10.9. The molecule has 35 heavy (non-hydrogen) atoms. The van der Waals surface area contributed by atoms with E-state index < -0.39 is 17.2 Å². The summed E-state index contributed by atoms with van der Waals surface area (Å²) in [5.74, 6) is 0.820. The van der Waals surface area contributed by atoms with Gasteiger partial charge in [-0.25, -0.2) is 0 Å². The molecule has 7 heteroatoms. The fourth-order valence-corrected chi connectivity index (χ4v) is 6.51. The van der Waals surface area contributed by atoms with Gasteiger partial charge in [0.1, 0.15) is 0 Å². The lowest BCUT2D eigenvalue weighted by atomic mass is 9.74. The lowest BCUT2D eigenvalue weighted by Crippen LogP contribution is -2.48. The molecule has 0 radical (unpaired) electrons. The third kappa shape index (κ3) is 4.59. The molecule has 0 spiro atoms. The first kappa shape index (κ1) is 24.3. The second-order valence-electron chi connectivity index (χ2n) is 10.9. The van der Waals surface area contributed by atoms with Crippen molar-refractivity contribution < 1.29 is 18.0 Å². The molecule has 2 aromatic rings. The molecule has 4 nitrogen and oxygen atoms in total. The van der Waals surface area contributed by atoms with E-state index in [1.807, 2.05) is 0 Å². The number of benzene rings is 1. The zero-order valence-electron chi connectivity index (χ0n) is 20.5. The highest BCUT2D eigenvalue weighted by molar-refractivity contribution is 5.83. The highest BCUT2D eigenvalue weighted by atomic mass is 19.4. The average molecular weight is 486 g/mol. The number of pyridine rings is 1. The summed E-state index contributed by atoms with van der Waals surface area (Å²) in [5, 5.41) is 0. The lowest BCUT2D eigenvalue weighted by Gasteiger charge is -2.40. The number of hydrogen-bond donors (Lipinski definition) is 0. The molecule has 1 aliphatic carbocycles. The maximum atomic E-state index is 14.0. The van der Waals surface area contributed by atoms with E-state index in [0.717, 1.165) is 45.0 Å². The van der Waals surface area contributed by atoms with Crippen molar-refractivity contribution in [2.45, 2.75) is 70.6 Å². The van der Waals surface area contributed by atoms with Gasteiger partial charge in [0, 0.05) is 44.0 Å². The average Bonchev–Trinajstić information content (AvgIpc) is 3.51. The van der Waals surface area contributed by atoms with Gasteiger partial charge < -0.3 is 4.90 Å². The second kappa shape index (κ2) is 9.23. The van der Waals surface area contributed by atoms with Crippen LogP contribution in [0.2, 0.25) is 0 Å². The topological polar surface area (TPSA) is 36.4 Å². The van der Waals surface area contributed by atoms with Gasteiger partial charge in [-0.15, -0.1) is 0 Å². The Morgan fingerprint density at radius 3 is 2.63 bits per heavy atom. The number of halogens is 3. The summed E-state index contributed by atoms with van der Waals surface area (Å²) in [6, 6.07) is 12.2. The van der Waals surface area contributed by atoms with Crippen molar-refractivity contribution in [3.05, 3.63) is 65.0 Å². The van der Waals surface area contributed by atoms with E-state index in [1.165, 1.54) is 11.6 Å². The summed E-state index contributed by atoms with van der Waals surface area (Å²) in [6.07, 6.45) is 0.781. The molecule has 0 bridgehead atoms. The molecule has 1 aromatic carbocycles. The number of amides is 1. The lowest BCUT2D eigenvalue weighted by molar-refractivity contribution is -0.146. The highest BCUT2D eigenvalue weighted by Crippen LogP contribution is 2.49. The van der Waals surface area contributed by atoms with E-state index in [2.05, 4.69) is 54.1 Å². The molecule has 1 aromatic heterocycles. The van der Waals surface area contributed by atoms with Crippen molar-refractivity contribution in [3.63, 3.8) is 0 Å². The van der Waals surface area contributed by atoms with Gasteiger partial charge in [-0.1, -0.05) is 44.2 Å². The Morgan fingerprint density at radius 1 is 1.14 bits per heavy atom. The van der Waals surface area contributed by atoms with Crippen LogP contribution in [-0.2, 0) is 23.9 Å². The Bertz CT molecular complexity index is 1070. The van der Waals surface area contributed by atoms with Gasteiger partial charge in [-0.2, -0.15) is 13.2 Å². The van der Waals surface area contributed by atoms with E-state index in [9.17, 15) is 18.0 Å². The van der Waals surface area contributed by atoms with Gasteiger partial charge in [-0.05, 0) is 61.3 Å². The van der Waals surface area contributed by atoms with Crippen LogP contribution in [0, 0.1) is 11.3 Å². The molecule has 188 valence electrons. The molecule has 5 rings (SSSR count). The molecular weight excluding hydrogens is 451 g/mol. The normalized spacial score (nSPS) is 27.4. The van der Waals surface area contributed by atoms with Gasteiger partial charge >= 0.3 is 6.18 Å². The number of rotatable bonds is 4. The van der Waals surface area contributed by atoms with Crippen LogP contribution in [-0.4, -0.2) is 46.4 Å². The molecule has 2 aliphatic heterocycles. The number of hydrogen-bond acceptors (Lipinski definition) is 3. The summed E-state index contributed by atoms with van der Waals surface area (Å²) in [5.41, 5.74) is 1.39. The van der Waals surface area contributed by atoms with Crippen LogP contribution in [0.5, 0.6) is 0 Å². The maximum Gasteiger partial charge on any atom is 0.417 e. The first-order valence-corrected chi connectivity index (χ1v) is 12.8. The van der Waals surface area contributed by atoms with Gasteiger partial charge in [0.25, 0.3) is 0 Å². The molecule has 0 N–H and O–H groups in total. The van der Waals surface area contributed by atoms with Crippen LogP contribution in [0.15, 0.2) is 42.6 Å². The van der Waals surface area contributed by atoms with Crippen molar-refractivity contribution in [2.75, 3.05) is 19.6 Å². The van der Waals surface area contributed by atoms with E-state index in [1.54, 1.807) is 4.90 Å². The van der Waals surface area contributed by atoms with Crippen LogP contribution in [0.25, 0.3) is 0 Å². The number of carbonyl (C=O) groups is 1. The van der Waals surface area contributed by atoms with E-state index in [4.69, 9.17) is 0 Å². The van der Waals surface area contributed by atoms with E-state index >= 15 is 0 Å². The van der Waals surface area contributed by atoms with Gasteiger partial charge in [-0.3, -0.25) is 14.7 Å². The molecule has 3 heterocycles. The number of nitrogens with zero attached hydrogens (tertiary/aromatic N) is 3. The van der Waals surface area contributed by atoms with Gasteiger partial charge in [0.2, 0.25) is 5.91 Å². The number of aromatic nitrogens is 1. The largest absolute Gasteiger partial charge is 0.417 e. The zero-order chi connectivity index (χ0) is 24.8. The van der Waals surface area contributed by atoms with Crippen LogP contribution in [0.3, 0.4) is 0 Å². The number of likely N-dealkylation sites (tertiary alicyclic amines) is 1. The first-order valence-electron chi connectivity index (χ1n) is 12.8. The van der Waals surface area contributed by atoms with Gasteiger partial charge in [0.15, 0.2) is 0 Å². The third-order valence-corrected chi connectivity index (χ3v) is 8.72. The third-order valence-electron chi connectivity index (χ3n) is 8.72. The molecule has 3 aliphatic rings. The molecular formula is C28H34F3N3O. The molecule has 1 amide bonds. The highest BCUT2D eigenvalue weighted by Gasteiger charge is 2.51. The summed E-state index contributed by atoms with van der Waals surface area (Å²) >= 11 is 0. The summed E-state index contributed by atoms with van der Waals surface area (Å²) in [4.78, 5) is 22.4. The minimum absolute atomic E-state index is 0.108. The smallest absolute Gasteiger partial charge is 0.337 e. The summed E-state index contributed by atoms with van der Waals surface area (Å²) in [6.45, 7) is 7.05. The van der Waals surface area contributed by atoms with Crippen LogP contribution in [0.4, 0.5) is 13.2 Å². The van der Waals surface area contributed by atoms with Crippen LogP contribution < -0.4 is 0 Å². The molecule has 1 unspecified atom stereocenters. The quantitative estimate of drug-likeness (QED) is 0.560. The van der Waals surface area contributed by atoms with Crippen molar-refractivity contribution in [1.29, 1.82) is 0 Å². The van der Waals surface area contributed by atoms with Crippen molar-refractivity contribution in [2.24, 2.45) is 11.3 Å². The predicted octanol–water partition coefficient (Wildman–Crippen LogP) is 5.67.